The fraction of sp³-hybridized carbons (Fsp3) is 0.944. The summed E-state index contributed by atoms with van der Waals surface area (Å²) in [4.78, 5) is 12.2. The van der Waals surface area contributed by atoms with Crippen LogP contribution in [-0.2, 0) is 4.79 Å². The van der Waals surface area contributed by atoms with Gasteiger partial charge in [0.25, 0.3) is 0 Å². The van der Waals surface area contributed by atoms with Crippen molar-refractivity contribution < 1.29 is 4.79 Å². The molecule has 0 aliphatic heterocycles. The van der Waals surface area contributed by atoms with Gasteiger partial charge in [-0.15, -0.1) is 0 Å². The fourth-order valence-corrected chi connectivity index (χ4v) is 5.87. The molecular weight excluding hydrogens is 260 g/mol. The predicted molar refractivity (Wildman–Crippen MR) is 85.7 cm³/mol. The molecule has 21 heavy (non-hydrogen) atoms. The molecule has 4 aliphatic rings. The Balaban J connectivity index is 1.58. The van der Waals surface area contributed by atoms with Gasteiger partial charge in [0.15, 0.2) is 0 Å². The first-order chi connectivity index (χ1) is 10.0. The lowest BCUT2D eigenvalue weighted by Crippen LogP contribution is -2.56. The minimum Gasteiger partial charge on any atom is -0.353 e. The van der Waals surface area contributed by atoms with E-state index in [-0.39, 0.29) is 11.9 Å². The van der Waals surface area contributed by atoms with Gasteiger partial charge in [0, 0.05) is 18.5 Å². The molecule has 4 aliphatic carbocycles. The monoisotopic (exact) mass is 292 g/mol. The molecule has 0 aromatic rings. The van der Waals surface area contributed by atoms with Crippen molar-refractivity contribution >= 4 is 5.91 Å². The number of nitrogens with one attached hydrogen (secondary N) is 1. The lowest BCUT2D eigenvalue weighted by atomic mass is 9.48. The number of rotatable bonds is 6. The highest BCUT2D eigenvalue weighted by molar-refractivity contribution is 5.76. The summed E-state index contributed by atoms with van der Waals surface area (Å²) < 4.78 is 0. The third-order valence-electron chi connectivity index (χ3n) is 6.49. The second kappa shape index (κ2) is 5.91. The van der Waals surface area contributed by atoms with Crippen LogP contribution in [0.1, 0.15) is 71.6 Å². The maximum absolute atomic E-state index is 12.2. The molecule has 4 fully saturated rings. The van der Waals surface area contributed by atoms with Crippen LogP contribution < -0.4 is 11.1 Å². The summed E-state index contributed by atoms with van der Waals surface area (Å²) in [7, 11) is 0. The zero-order valence-corrected chi connectivity index (χ0v) is 13.7. The molecule has 4 saturated carbocycles. The van der Waals surface area contributed by atoms with E-state index in [2.05, 4.69) is 19.2 Å². The molecule has 0 heterocycles. The average molecular weight is 292 g/mol. The van der Waals surface area contributed by atoms with Crippen molar-refractivity contribution in [2.75, 3.05) is 0 Å². The molecule has 2 atom stereocenters. The van der Waals surface area contributed by atoms with Crippen LogP contribution in [0.25, 0.3) is 0 Å². The Labute approximate surface area is 129 Å². The predicted octanol–water partition coefficient (Wildman–Crippen LogP) is 3.23. The van der Waals surface area contributed by atoms with E-state index in [9.17, 15) is 4.79 Å². The van der Waals surface area contributed by atoms with Gasteiger partial charge in [0.1, 0.15) is 0 Å². The van der Waals surface area contributed by atoms with Gasteiger partial charge in [-0.1, -0.05) is 13.3 Å². The normalized spacial score (nSPS) is 40.0. The molecule has 4 bridgehead atoms. The summed E-state index contributed by atoms with van der Waals surface area (Å²) in [6.45, 7) is 4.37. The number of amides is 1. The zero-order valence-electron chi connectivity index (χ0n) is 13.7. The number of hydrogen-bond donors (Lipinski definition) is 2. The Hall–Kier alpha value is -0.570. The van der Waals surface area contributed by atoms with Crippen molar-refractivity contribution in [3.63, 3.8) is 0 Å². The molecular formula is C18H32N2O. The Morgan fingerprint density at radius 3 is 2.19 bits per heavy atom. The second-order valence-electron chi connectivity index (χ2n) is 8.32. The lowest BCUT2D eigenvalue weighted by molar-refractivity contribution is -0.126. The van der Waals surface area contributed by atoms with Crippen LogP contribution in [0.3, 0.4) is 0 Å². The highest BCUT2D eigenvalue weighted by Crippen LogP contribution is 2.61. The summed E-state index contributed by atoms with van der Waals surface area (Å²) >= 11 is 0. The van der Waals surface area contributed by atoms with Gasteiger partial charge in [0.05, 0.1) is 0 Å². The minimum absolute atomic E-state index is 0.0264. The van der Waals surface area contributed by atoms with Crippen molar-refractivity contribution in [3.05, 3.63) is 0 Å². The van der Waals surface area contributed by atoms with Crippen LogP contribution in [0.4, 0.5) is 0 Å². The molecule has 2 unspecified atom stereocenters. The van der Waals surface area contributed by atoms with Crippen molar-refractivity contribution in [2.45, 2.75) is 83.7 Å². The molecule has 0 aromatic carbocycles. The Kier molecular flexibility index (Phi) is 4.31. The standard InChI is InChI=1S/C18H32N2O/c1-3-4-16(19)8-17(21)20-12(2)18-9-13-5-14(10-18)7-15(6-13)11-18/h12-16H,3-11,19H2,1-2H3,(H,20,21). The fourth-order valence-electron chi connectivity index (χ4n) is 5.87. The average Bonchev–Trinajstić information content (AvgIpc) is 2.36. The molecule has 3 nitrogen and oxygen atoms in total. The molecule has 0 spiro atoms. The first-order valence-electron chi connectivity index (χ1n) is 9.05. The topological polar surface area (TPSA) is 55.1 Å². The number of hydrogen-bond acceptors (Lipinski definition) is 2. The van der Waals surface area contributed by atoms with E-state index in [4.69, 9.17) is 5.73 Å². The van der Waals surface area contributed by atoms with Gasteiger partial charge in [-0.3, -0.25) is 4.79 Å². The molecule has 3 heteroatoms. The van der Waals surface area contributed by atoms with Crippen LogP contribution in [0.15, 0.2) is 0 Å². The van der Waals surface area contributed by atoms with Crippen LogP contribution in [0.5, 0.6) is 0 Å². The highest BCUT2D eigenvalue weighted by Gasteiger charge is 2.53. The summed E-state index contributed by atoms with van der Waals surface area (Å²) in [6.07, 6.45) is 10.9. The quantitative estimate of drug-likeness (QED) is 0.789. The van der Waals surface area contributed by atoms with Crippen molar-refractivity contribution in [3.8, 4) is 0 Å². The van der Waals surface area contributed by atoms with Gasteiger partial charge < -0.3 is 11.1 Å². The van der Waals surface area contributed by atoms with Gasteiger partial charge >= 0.3 is 0 Å². The summed E-state index contributed by atoms with van der Waals surface area (Å²) in [6, 6.07) is 0.353. The zero-order chi connectivity index (χ0) is 15.0. The summed E-state index contributed by atoms with van der Waals surface area (Å²) in [5.74, 6) is 2.99. The Morgan fingerprint density at radius 2 is 1.71 bits per heavy atom. The minimum atomic E-state index is 0.0264. The molecule has 120 valence electrons. The number of carbonyl (C=O) groups is 1. The van der Waals surface area contributed by atoms with E-state index >= 15 is 0 Å². The third-order valence-corrected chi connectivity index (χ3v) is 6.49. The molecule has 1 amide bonds. The summed E-state index contributed by atoms with van der Waals surface area (Å²) in [5, 5.41) is 3.31. The first kappa shape index (κ1) is 15.3. The summed E-state index contributed by atoms with van der Waals surface area (Å²) in [5.41, 5.74) is 6.41. The number of nitrogens with two attached hydrogens (primary N) is 1. The maximum Gasteiger partial charge on any atom is 0.221 e. The molecule has 0 aromatic heterocycles. The molecule has 0 radical (unpaired) electrons. The SMILES string of the molecule is CCCC(N)CC(=O)NC(C)C12CC3CC(CC(C3)C1)C2. The number of carbonyl (C=O) groups excluding carboxylic acids is 1. The molecule has 0 saturated heterocycles. The maximum atomic E-state index is 12.2. The Bertz CT molecular complexity index is 357. The van der Waals surface area contributed by atoms with E-state index in [1.807, 2.05) is 0 Å². The van der Waals surface area contributed by atoms with E-state index in [1.165, 1.54) is 38.5 Å². The van der Waals surface area contributed by atoms with Gasteiger partial charge in [-0.05, 0) is 75.0 Å². The highest BCUT2D eigenvalue weighted by atomic mass is 16.1. The van der Waals surface area contributed by atoms with Crippen LogP contribution in [-0.4, -0.2) is 18.0 Å². The van der Waals surface area contributed by atoms with Gasteiger partial charge in [-0.2, -0.15) is 0 Å². The van der Waals surface area contributed by atoms with Gasteiger partial charge in [-0.25, -0.2) is 0 Å². The second-order valence-corrected chi connectivity index (χ2v) is 8.32. The van der Waals surface area contributed by atoms with Crippen LogP contribution in [0.2, 0.25) is 0 Å². The van der Waals surface area contributed by atoms with E-state index in [0.29, 0.717) is 17.9 Å². The molecule has 3 N–H and O–H groups in total. The lowest BCUT2D eigenvalue weighted by Gasteiger charge is -2.59. The van der Waals surface area contributed by atoms with Crippen molar-refractivity contribution in [1.29, 1.82) is 0 Å². The van der Waals surface area contributed by atoms with Crippen LogP contribution >= 0.6 is 0 Å². The van der Waals surface area contributed by atoms with E-state index in [1.54, 1.807) is 0 Å². The van der Waals surface area contributed by atoms with E-state index < -0.39 is 0 Å². The van der Waals surface area contributed by atoms with E-state index in [0.717, 1.165) is 30.6 Å². The largest absolute Gasteiger partial charge is 0.353 e. The Morgan fingerprint density at radius 1 is 1.19 bits per heavy atom. The smallest absolute Gasteiger partial charge is 0.221 e. The third kappa shape index (κ3) is 3.13. The van der Waals surface area contributed by atoms with Crippen LogP contribution in [0, 0.1) is 23.2 Å². The van der Waals surface area contributed by atoms with Gasteiger partial charge in [0.2, 0.25) is 5.91 Å². The van der Waals surface area contributed by atoms with Crippen molar-refractivity contribution in [1.82, 2.24) is 5.32 Å². The first-order valence-corrected chi connectivity index (χ1v) is 9.05. The van der Waals surface area contributed by atoms with Crippen molar-refractivity contribution in [2.24, 2.45) is 28.9 Å². The molecule has 4 rings (SSSR count).